The van der Waals surface area contributed by atoms with Gasteiger partial charge < -0.3 is 9.84 Å². The number of para-hydroxylation sites is 1. The first-order valence-corrected chi connectivity index (χ1v) is 7.88. The Bertz CT molecular complexity index is 856. The molecule has 0 saturated carbocycles. The zero-order chi connectivity index (χ0) is 16.4. The van der Waals surface area contributed by atoms with Gasteiger partial charge in [0, 0.05) is 10.9 Å². The zero-order valence-electron chi connectivity index (χ0n) is 13.8. The molecule has 0 saturated heterocycles. The van der Waals surface area contributed by atoms with Gasteiger partial charge in [0.15, 0.2) is 0 Å². The maximum atomic E-state index is 9.50. The van der Waals surface area contributed by atoms with Gasteiger partial charge >= 0.3 is 0 Å². The number of pyridine rings is 1. The third-order valence-electron chi connectivity index (χ3n) is 4.19. The molecule has 0 atom stereocenters. The molecule has 3 nitrogen and oxygen atoms in total. The van der Waals surface area contributed by atoms with Crippen LogP contribution in [0.4, 0.5) is 0 Å². The van der Waals surface area contributed by atoms with Crippen molar-refractivity contribution in [2.24, 2.45) is 0 Å². The average molecular weight is 307 g/mol. The van der Waals surface area contributed by atoms with Crippen LogP contribution in [0.1, 0.15) is 23.6 Å². The molecule has 3 aromatic rings. The molecule has 0 unspecified atom stereocenters. The third-order valence-corrected chi connectivity index (χ3v) is 4.19. The van der Waals surface area contributed by atoms with E-state index in [-0.39, 0.29) is 6.61 Å². The molecule has 0 aliphatic heterocycles. The first-order chi connectivity index (χ1) is 11.2. The molecule has 3 rings (SSSR count). The quantitative estimate of drug-likeness (QED) is 0.776. The van der Waals surface area contributed by atoms with Gasteiger partial charge in [0.2, 0.25) is 0 Å². The fourth-order valence-corrected chi connectivity index (χ4v) is 2.91. The topological polar surface area (TPSA) is 42.4 Å². The molecule has 1 N–H and O–H groups in total. The number of fused-ring (bicyclic) bond motifs is 1. The summed E-state index contributed by atoms with van der Waals surface area (Å²) in [6.45, 7) is 6.74. The van der Waals surface area contributed by atoms with Gasteiger partial charge in [0.05, 0.1) is 24.4 Å². The first-order valence-electron chi connectivity index (χ1n) is 7.88. The van der Waals surface area contributed by atoms with E-state index in [9.17, 15) is 5.11 Å². The number of aryl methyl sites for hydroxylation is 2. The summed E-state index contributed by atoms with van der Waals surface area (Å²) in [5.41, 5.74) is 5.95. The van der Waals surface area contributed by atoms with Crippen LogP contribution in [0.3, 0.4) is 0 Å². The third kappa shape index (κ3) is 2.80. The predicted octanol–water partition coefficient (Wildman–Crippen LogP) is 4.41. The Balaban J connectivity index is 2.25. The van der Waals surface area contributed by atoms with Crippen molar-refractivity contribution in [3.63, 3.8) is 0 Å². The maximum Gasteiger partial charge on any atom is 0.128 e. The summed E-state index contributed by atoms with van der Waals surface area (Å²) >= 11 is 0. The Labute approximate surface area is 136 Å². The minimum absolute atomic E-state index is 0.0300. The second-order valence-corrected chi connectivity index (χ2v) is 5.66. The van der Waals surface area contributed by atoms with Crippen molar-refractivity contribution in [3.05, 3.63) is 59.2 Å². The summed E-state index contributed by atoms with van der Waals surface area (Å²) in [7, 11) is 0. The number of nitrogens with zero attached hydrogens (tertiary/aromatic N) is 1. The summed E-state index contributed by atoms with van der Waals surface area (Å²) in [5.74, 6) is 0.845. The number of rotatable bonds is 4. The molecular formula is C20H21NO2. The lowest BCUT2D eigenvalue weighted by Gasteiger charge is -2.13. The van der Waals surface area contributed by atoms with Crippen molar-refractivity contribution in [3.8, 4) is 17.0 Å². The number of aliphatic hydroxyl groups is 1. The highest BCUT2D eigenvalue weighted by Crippen LogP contribution is 2.32. The molecule has 1 aromatic heterocycles. The Morgan fingerprint density at radius 1 is 1.09 bits per heavy atom. The van der Waals surface area contributed by atoms with Gasteiger partial charge in [-0.1, -0.05) is 24.3 Å². The van der Waals surface area contributed by atoms with Crippen LogP contribution >= 0.6 is 0 Å². The second kappa shape index (κ2) is 6.39. The molecule has 3 heteroatoms. The van der Waals surface area contributed by atoms with Crippen molar-refractivity contribution >= 4 is 10.9 Å². The van der Waals surface area contributed by atoms with E-state index in [1.807, 2.05) is 50.2 Å². The Kier molecular flexibility index (Phi) is 4.30. The number of hydrogen-bond donors (Lipinski definition) is 1. The second-order valence-electron chi connectivity index (χ2n) is 5.66. The lowest BCUT2D eigenvalue weighted by atomic mass is 9.99. The van der Waals surface area contributed by atoms with Gasteiger partial charge in [-0.2, -0.15) is 0 Å². The van der Waals surface area contributed by atoms with Crippen molar-refractivity contribution in [2.45, 2.75) is 27.4 Å². The van der Waals surface area contributed by atoms with E-state index in [4.69, 9.17) is 9.72 Å². The van der Waals surface area contributed by atoms with Gasteiger partial charge in [-0.3, -0.25) is 0 Å². The molecule has 0 aliphatic rings. The number of hydrogen-bond acceptors (Lipinski definition) is 3. The fraction of sp³-hybridized carbons (Fsp3) is 0.250. The summed E-state index contributed by atoms with van der Waals surface area (Å²) in [4.78, 5) is 4.87. The van der Waals surface area contributed by atoms with E-state index in [1.54, 1.807) is 0 Å². The smallest absolute Gasteiger partial charge is 0.128 e. The molecule has 0 aliphatic carbocycles. The molecule has 1 heterocycles. The van der Waals surface area contributed by atoms with Crippen molar-refractivity contribution < 1.29 is 9.84 Å². The van der Waals surface area contributed by atoms with Gasteiger partial charge in [-0.05, 0) is 55.7 Å². The van der Waals surface area contributed by atoms with Crippen LogP contribution in [-0.4, -0.2) is 16.7 Å². The Hall–Kier alpha value is -2.39. The van der Waals surface area contributed by atoms with Gasteiger partial charge in [0.25, 0.3) is 0 Å². The Morgan fingerprint density at radius 3 is 2.61 bits per heavy atom. The summed E-state index contributed by atoms with van der Waals surface area (Å²) in [5, 5.41) is 10.6. The minimum Gasteiger partial charge on any atom is -0.493 e. The van der Waals surface area contributed by atoms with Crippen molar-refractivity contribution in [1.29, 1.82) is 0 Å². The monoisotopic (exact) mass is 307 g/mol. The highest BCUT2D eigenvalue weighted by Gasteiger charge is 2.12. The largest absolute Gasteiger partial charge is 0.493 e. The van der Waals surface area contributed by atoms with E-state index >= 15 is 0 Å². The highest BCUT2D eigenvalue weighted by atomic mass is 16.5. The number of ether oxygens (including phenoxy) is 1. The molecule has 0 spiro atoms. The minimum atomic E-state index is 0.0300. The molecule has 118 valence electrons. The van der Waals surface area contributed by atoms with Crippen LogP contribution in [0.2, 0.25) is 0 Å². The van der Waals surface area contributed by atoms with Crippen LogP contribution in [0.5, 0.6) is 5.75 Å². The normalized spacial score (nSPS) is 11.0. The molecule has 23 heavy (non-hydrogen) atoms. The summed E-state index contributed by atoms with van der Waals surface area (Å²) < 4.78 is 5.74. The standard InChI is InChI=1S/C20H21NO2/c1-4-23-19-8-6-5-7-17(19)18-11-13(2)16-10-9-15(12-22)14(3)20(16)21-18/h5-11,22H,4,12H2,1-3H3. The highest BCUT2D eigenvalue weighted by molar-refractivity contribution is 5.88. The van der Waals surface area contributed by atoms with Gasteiger partial charge in [0.1, 0.15) is 5.75 Å². The van der Waals surface area contributed by atoms with E-state index in [1.165, 1.54) is 5.56 Å². The number of aromatic nitrogens is 1. The molecular weight excluding hydrogens is 286 g/mol. The average Bonchev–Trinajstić information content (AvgIpc) is 2.56. The van der Waals surface area contributed by atoms with Crippen LogP contribution in [0, 0.1) is 13.8 Å². The van der Waals surface area contributed by atoms with E-state index in [2.05, 4.69) is 13.0 Å². The van der Waals surface area contributed by atoms with Crippen LogP contribution < -0.4 is 4.74 Å². The van der Waals surface area contributed by atoms with E-state index < -0.39 is 0 Å². The molecule has 0 bridgehead atoms. The first kappa shape index (κ1) is 15.5. The van der Waals surface area contributed by atoms with Crippen LogP contribution in [0.15, 0.2) is 42.5 Å². The Morgan fingerprint density at radius 2 is 1.87 bits per heavy atom. The molecule has 0 amide bonds. The van der Waals surface area contributed by atoms with Gasteiger partial charge in [-0.25, -0.2) is 4.98 Å². The molecule has 0 fully saturated rings. The summed E-state index contributed by atoms with van der Waals surface area (Å²) in [6.07, 6.45) is 0. The van der Waals surface area contributed by atoms with Gasteiger partial charge in [-0.15, -0.1) is 0 Å². The summed E-state index contributed by atoms with van der Waals surface area (Å²) in [6, 6.07) is 14.1. The lowest BCUT2D eigenvalue weighted by Crippen LogP contribution is -1.98. The fourth-order valence-electron chi connectivity index (χ4n) is 2.91. The van der Waals surface area contributed by atoms with Crippen LogP contribution in [-0.2, 0) is 6.61 Å². The van der Waals surface area contributed by atoms with Crippen molar-refractivity contribution in [2.75, 3.05) is 6.61 Å². The van der Waals surface area contributed by atoms with Crippen LogP contribution in [0.25, 0.3) is 22.2 Å². The van der Waals surface area contributed by atoms with E-state index in [0.717, 1.165) is 39.0 Å². The maximum absolute atomic E-state index is 9.50. The molecule has 0 radical (unpaired) electrons. The predicted molar refractivity (Wildman–Crippen MR) is 93.7 cm³/mol. The SMILES string of the molecule is CCOc1ccccc1-c1cc(C)c2ccc(CO)c(C)c2n1. The van der Waals surface area contributed by atoms with Crippen molar-refractivity contribution in [1.82, 2.24) is 4.98 Å². The zero-order valence-corrected chi connectivity index (χ0v) is 13.8. The number of benzene rings is 2. The lowest BCUT2D eigenvalue weighted by molar-refractivity contribution is 0.281. The van der Waals surface area contributed by atoms with E-state index in [0.29, 0.717) is 6.61 Å². The number of aliphatic hydroxyl groups excluding tert-OH is 1. The molecule has 2 aromatic carbocycles.